The zero-order chi connectivity index (χ0) is 22.0. The quantitative estimate of drug-likeness (QED) is 0.620. The molecule has 1 fully saturated rings. The standard InChI is InChI=1S/C21H23N5O5/c1-2-31-20(30)12-5-7-13(8-6-12)22-18(28)14-11-15(27)23-17-16(14)19(29)25-21(24-17)26-9-3-4-10-26/h5-8,14H,2-4,9-11H2,1H3,(H,22,28)(H2,23,24,25,27,29). The van der Waals surface area contributed by atoms with Gasteiger partial charge in [0, 0.05) is 25.2 Å². The fourth-order valence-corrected chi connectivity index (χ4v) is 3.80. The molecule has 10 heteroatoms. The Bertz CT molecular complexity index is 1070. The van der Waals surface area contributed by atoms with Crippen LogP contribution in [0.5, 0.6) is 0 Å². The molecular formula is C21H23N5O5. The molecule has 3 heterocycles. The van der Waals surface area contributed by atoms with Crippen molar-refractivity contribution < 1.29 is 19.1 Å². The Labute approximate surface area is 178 Å². The first kappa shape index (κ1) is 20.6. The smallest absolute Gasteiger partial charge is 0.338 e. The molecule has 0 spiro atoms. The molecule has 2 aromatic rings. The molecular weight excluding hydrogens is 402 g/mol. The van der Waals surface area contributed by atoms with Crippen molar-refractivity contribution in [1.29, 1.82) is 0 Å². The van der Waals surface area contributed by atoms with Crippen LogP contribution in [0.15, 0.2) is 29.1 Å². The predicted molar refractivity (Wildman–Crippen MR) is 113 cm³/mol. The van der Waals surface area contributed by atoms with E-state index >= 15 is 0 Å². The van der Waals surface area contributed by atoms with Crippen molar-refractivity contribution in [3.8, 4) is 0 Å². The SMILES string of the molecule is CCOC(=O)c1ccc(NC(=O)C2CC(=O)Nc3nc(N4CCCC4)[nH]c(=O)c32)cc1. The Kier molecular flexibility index (Phi) is 5.70. The normalized spacial score (nSPS) is 17.6. The Morgan fingerprint density at radius 1 is 1.19 bits per heavy atom. The molecule has 0 saturated carbocycles. The van der Waals surface area contributed by atoms with E-state index in [1.54, 1.807) is 19.1 Å². The number of H-pyrrole nitrogens is 1. The van der Waals surface area contributed by atoms with Crippen molar-refractivity contribution >= 4 is 35.2 Å². The van der Waals surface area contributed by atoms with Crippen LogP contribution in [0.2, 0.25) is 0 Å². The maximum absolute atomic E-state index is 12.9. The van der Waals surface area contributed by atoms with Crippen LogP contribution in [0.1, 0.15) is 48.0 Å². The van der Waals surface area contributed by atoms with Crippen LogP contribution >= 0.6 is 0 Å². The van der Waals surface area contributed by atoms with Gasteiger partial charge in [-0.2, -0.15) is 4.98 Å². The molecule has 0 radical (unpaired) electrons. The summed E-state index contributed by atoms with van der Waals surface area (Å²) >= 11 is 0. The summed E-state index contributed by atoms with van der Waals surface area (Å²) in [5, 5.41) is 5.32. The molecule has 1 aromatic heterocycles. The van der Waals surface area contributed by atoms with Gasteiger partial charge in [-0.1, -0.05) is 0 Å². The van der Waals surface area contributed by atoms with Gasteiger partial charge in [-0.05, 0) is 44.0 Å². The summed E-state index contributed by atoms with van der Waals surface area (Å²) in [6, 6.07) is 6.19. The largest absolute Gasteiger partial charge is 0.462 e. The van der Waals surface area contributed by atoms with Gasteiger partial charge >= 0.3 is 5.97 Å². The second-order valence-electron chi connectivity index (χ2n) is 7.44. The number of aromatic amines is 1. The van der Waals surface area contributed by atoms with Gasteiger partial charge in [-0.3, -0.25) is 19.4 Å². The van der Waals surface area contributed by atoms with Crippen molar-refractivity contribution in [2.24, 2.45) is 0 Å². The zero-order valence-electron chi connectivity index (χ0n) is 17.1. The number of aromatic nitrogens is 2. The fourth-order valence-electron chi connectivity index (χ4n) is 3.80. The van der Waals surface area contributed by atoms with Gasteiger partial charge in [0.1, 0.15) is 5.82 Å². The number of carbonyl (C=O) groups is 3. The number of ether oxygens (including phenoxy) is 1. The highest BCUT2D eigenvalue weighted by molar-refractivity contribution is 6.04. The molecule has 1 aromatic carbocycles. The molecule has 0 bridgehead atoms. The average Bonchev–Trinajstić information content (AvgIpc) is 3.28. The van der Waals surface area contributed by atoms with Crippen LogP contribution in [0.4, 0.5) is 17.5 Å². The first-order valence-corrected chi connectivity index (χ1v) is 10.2. The van der Waals surface area contributed by atoms with Crippen LogP contribution in [0, 0.1) is 0 Å². The van der Waals surface area contributed by atoms with Crippen molar-refractivity contribution in [2.45, 2.75) is 32.1 Å². The lowest BCUT2D eigenvalue weighted by Crippen LogP contribution is -2.37. The summed E-state index contributed by atoms with van der Waals surface area (Å²) < 4.78 is 4.94. The van der Waals surface area contributed by atoms with E-state index in [9.17, 15) is 19.2 Å². The number of anilines is 3. The highest BCUT2D eigenvalue weighted by Gasteiger charge is 2.35. The number of nitrogens with one attached hydrogen (secondary N) is 3. The third-order valence-electron chi connectivity index (χ3n) is 5.32. The summed E-state index contributed by atoms with van der Waals surface area (Å²) in [5.74, 6) is -1.78. The van der Waals surface area contributed by atoms with E-state index in [4.69, 9.17) is 4.74 Å². The minimum Gasteiger partial charge on any atom is -0.462 e. The zero-order valence-corrected chi connectivity index (χ0v) is 17.1. The van der Waals surface area contributed by atoms with Crippen LogP contribution in [-0.2, 0) is 14.3 Å². The Balaban J connectivity index is 1.56. The number of hydrogen-bond acceptors (Lipinski definition) is 7. The van der Waals surface area contributed by atoms with E-state index in [1.165, 1.54) is 12.1 Å². The van der Waals surface area contributed by atoms with Crippen molar-refractivity contribution in [3.05, 3.63) is 45.7 Å². The van der Waals surface area contributed by atoms with E-state index in [0.717, 1.165) is 25.9 Å². The molecule has 10 nitrogen and oxygen atoms in total. The number of fused-ring (bicyclic) bond motifs is 1. The number of rotatable bonds is 5. The molecule has 0 aliphatic carbocycles. The molecule has 1 unspecified atom stereocenters. The van der Waals surface area contributed by atoms with Crippen LogP contribution in [-0.4, -0.2) is 47.4 Å². The van der Waals surface area contributed by atoms with Gasteiger partial charge in [0.2, 0.25) is 17.8 Å². The van der Waals surface area contributed by atoms with Crippen molar-refractivity contribution in [3.63, 3.8) is 0 Å². The maximum atomic E-state index is 12.9. The van der Waals surface area contributed by atoms with Crippen molar-refractivity contribution in [1.82, 2.24) is 9.97 Å². The van der Waals surface area contributed by atoms with Gasteiger partial charge in [0.15, 0.2) is 0 Å². The third-order valence-corrected chi connectivity index (χ3v) is 5.32. The van der Waals surface area contributed by atoms with E-state index in [0.29, 0.717) is 17.2 Å². The lowest BCUT2D eigenvalue weighted by molar-refractivity contribution is -0.123. The minimum atomic E-state index is -0.975. The van der Waals surface area contributed by atoms with Crippen LogP contribution in [0.25, 0.3) is 0 Å². The van der Waals surface area contributed by atoms with Gasteiger partial charge in [-0.15, -0.1) is 0 Å². The number of benzene rings is 1. The Morgan fingerprint density at radius 2 is 1.90 bits per heavy atom. The van der Waals surface area contributed by atoms with Gasteiger partial charge in [0.05, 0.1) is 23.7 Å². The molecule has 1 atom stereocenters. The number of hydrogen-bond donors (Lipinski definition) is 3. The van der Waals surface area contributed by atoms with Gasteiger partial charge in [0.25, 0.3) is 5.56 Å². The second-order valence-corrected chi connectivity index (χ2v) is 7.44. The highest BCUT2D eigenvalue weighted by Crippen LogP contribution is 2.30. The molecule has 4 rings (SSSR count). The van der Waals surface area contributed by atoms with E-state index in [-0.39, 0.29) is 30.3 Å². The molecule has 31 heavy (non-hydrogen) atoms. The Morgan fingerprint density at radius 3 is 2.58 bits per heavy atom. The van der Waals surface area contributed by atoms with Crippen LogP contribution in [0.3, 0.4) is 0 Å². The van der Waals surface area contributed by atoms with Crippen LogP contribution < -0.4 is 21.1 Å². The van der Waals surface area contributed by atoms with Crippen molar-refractivity contribution in [2.75, 3.05) is 35.2 Å². The monoisotopic (exact) mass is 425 g/mol. The number of carbonyl (C=O) groups excluding carboxylic acids is 3. The highest BCUT2D eigenvalue weighted by atomic mass is 16.5. The number of amides is 2. The summed E-state index contributed by atoms with van der Waals surface area (Å²) in [4.78, 5) is 58.8. The minimum absolute atomic E-state index is 0.125. The molecule has 1 saturated heterocycles. The third kappa shape index (κ3) is 4.27. The van der Waals surface area contributed by atoms with E-state index in [2.05, 4.69) is 20.6 Å². The molecule has 3 N–H and O–H groups in total. The maximum Gasteiger partial charge on any atom is 0.338 e. The van der Waals surface area contributed by atoms with Gasteiger partial charge < -0.3 is 20.3 Å². The summed E-state index contributed by atoms with van der Waals surface area (Å²) in [5.41, 5.74) is 0.494. The summed E-state index contributed by atoms with van der Waals surface area (Å²) in [6.45, 7) is 3.54. The molecule has 162 valence electrons. The fraction of sp³-hybridized carbons (Fsp3) is 0.381. The first-order chi connectivity index (χ1) is 15.0. The molecule has 2 aliphatic rings. The molecule has 2 amide bonds. The summed E-state index contributed by atoms with van der Waals surface area (Å²) in [7, 11) is 0. The van der Waals surface area contributed by atoms with E-state index < -0.39 is 23.4 Å². The second kappa shape index (κ2) is 8.58. The summed E-state index contributed by atoms with van der Waals surface area (Å²) in [6.07, 6.45) is 1.86. The van der Waals surface area contributed by atoms with E-state index in [1.807, 2.05) is 4.90 Å². The number of esters is 1. The topological polar surface area (TPSA) is 133 Å². The predicted octanol–water partition coefficient (Wildman–Crippen LogP) is 1.61. The molecule has 2 aliphatic heterocycles. The number of nitrogens with zero attached hydrogens (tertiary/aromatic N) is 2. The Hall–Kier alpha value is -3.69. The first-order valence-electron chi connectivity index (χ1n) is 10.2. The van der Waals surface area contributed by atoms with Gasteiger partial charge in [-0.25, -0.2) is 4.79 Å². The lowest BCUT2D eigenvalue weighted by Gasteiger charge is -2.25. The lowest BCUT2D eigenvalue weighted by atomic mass is 9.92. The average molecular weight is 425 g/mol.